The average Bonchev–Trinajstić information content (AvgIpc) is 2.58. The molecule has 0 bridgehead atoms. The molecule has 2 aromatic carbocycles. The fourth-order valence-electron chi connectivity index (χ4n) is 2.01. The van der Waals surface area contributed by atoms with Crippen molar-refractivity contribution in [3.05, 3.63) is 107 Å². The molecule has 0 radical (unpaired) electrons. The molecule has 0 aliphatic rings. The Bertz CT molecular complexity index is 691. The molecule has 1 aromatic heterocycles. The number of aliphatic hydroxyl groups is 1. The Hall–Kier alpha value is -2.65. The highest BCUT2D eigenvalue weighted by atomic mass is 16.3. The van der Waals surface area contributed by atoms with Gasteiger partial charge in [0.2, 0.25) is 5.56 Å². The summed E-state index contributed by atoms with van der Waals surface area (Å²) in [6, 6.07) is 24.7. The molecule has 0 saturated carbocycles. The van der Waals surface area contributed by atoms with Gasteiger partial charge in [-0.2, -0.15) is 0 Å². The number of aromatic nitrogens is 1. The maximum Gasteiger partial charge on any atom is 0.247 e. The molecule has 0 aliphatic carbocycles. The highest BCUT2D eigenvalue weighted by molar-refractivity contribution is 5.22. The summed E-state index contributed by atoms with van der Waals surface area (Å²) in [6.45, 7) is 0. The first-order valence-electron chi connectivity index (χ1n) is 7.16. The predicted octanol–water partition coefficient (Wildman–Crippen LogP) is 3.34. The van der Waals surface area contributed by atoms with Gasteiger partial charge in [0, 0.05) is 18.7 Å². The zero-order chi connectivity index (χ0) is 15.6. The van der Waals surface area contributed by atoms with E-state index in [2.05, 4.69) is 4.98 Å². The second kappa shape index (κ2) is 8.60. The molecule has 3 nitrogen and oxygen atoms in total. The lowest BCUT2D eigenvalue weighted by molar-refractivity contribution is 0.178. The van der Waals surface area contributed by atoms with Gasteiger partial charge in [-0.1, -0.05) is 66.7 Å². The molecule has 1 atom stereocenters. The fraction of sp³-hybridized carbons (Fsp3) is 0.105. The Morgan fingerprint density at radius 1 is 0.818 bits per heavy atom. The van der Waals surface area contributed by atoms with Gasteiger partial charge in [0.25, 0.3) is 0 Å². The molecule has 112 valence electrons. The number of H-pyrrole nitrogens is 1. The van der Waals surface area contributed by atoms with Gasteiger partial charge in [-0.05, 0) is 17.2 Å². The molecule has 0 saturated heterocycles. The van der Waals surface area contributed by atoms with Crippen molar-refractivity contribution in [2.75, 3.05) is 0 Å². The number of hydrogen-bond acceptors (Lipinski definition) is 2. The molecular weight excluding hydrogens is 274 g/mol. The van der Waals surface area contributed by atoms with Crippen LogP contribution in [0, 0.1) is 0 Å². The summed E-state index contributed by atoms with van der Waals surface area (Å²) in [5.41, 5.74) is 2.08. The van der Waals surface area contributed by atoms with Crippen molar-refractivity contribution in [2.45, 2.75) is 12.5 Å². The number of benzene rings is 2. The van der Waals surface area contributed by atoms with E-state index in [-0.39, 0.29) is 5.56 Å². The number of hydrogen-bond donors (Lipinski definition) is 2. The maximum atomic E-state index is 10.2. The smallest absolute Gasteiger partial charge is 0.247 e. The molecule has 0 fully saturated rings. The van der Waals surface area contributed by atoms with Crippen LogP contribution in [0.15, 0.2) is 89.9 Å². The summed E-state index contributed by atoms with van der Waals surface area (Å²) < 4.78 is 0. The SMILES string of the molecule is O=c1cccc[nH]1.OC(Cc1ccccc1)c1ccccc1. The minimum absolute atomic E-state index is 0.0532. The first kappa shape index (κ1) is 15.7. The highest BCUT2D eigenvalue weighted by Gasteiger charge is 2.06. The average molecular weight is 293 g/mol. The largest absolute Gasteiger partial charge is 0.388 e. The minimum Gasteiger partial charge on any atom is -0.388 e. The van der Waals surface area contributed by atoms with Crippen LogP contribution in [0.25, 0.3) is 0 Å². The standard InChI is InChI=1S/C14H14O.C5H5NO/c15-14(13-9-5-2-6-10-13)11-12-7-3-1-4-8-12;7-5-3-1-2-4-6-5/h1-10,14-15H,11H2;1-4H,(H,6,7). The molecule has 3 heteroatoms. The molecule has 0 aliphatic heterocycles. The predicted molar refractivity (Wildman–Crippen MR) is 88.6 cm³/mol. The van der Waals surface area contributed by atoms with E-state index in [1.165, 1.54) is 6.07 Å². The molecule has 1 heterocycles. The van der Waals surface area contributed by atoms with Crippen molar-refractivity contribution < 1.29 is 5.11 Å². The van der Waals surface area contributed by atoms with Gasteiger partial charge in [-0.25, -0.2) is 0 Å². The van der Waals surface area contributed by atoms with Crippen molar-refractivity contribution in [1.82, 2.24) is 4.98 Å². The van der Waals surface area contributed by atoms with Crippen LogP contribution in [-0.4, -0.2) is 10.1 Å². The summed E-state index contributed by atoms with van der Waals surface area (Å²) in [5.74, 6) is 0. The molecule has 0 amide bonds. The van der Waals surface area contributed by atoms with Crippen LogP contribution in [0.4, 0.5) is 0 Å². The third-order valence-corrected chi connectivity index (χ3v) is 3.14. The van der Waals surface area contributed by atoms with Gasteiger partial charge in [0.15, 0.2) is 0 Å². The van der Waals surface area contributed by atoms with Crippen LogP contribution in [-0.2, 0) is 6.42 Å². The van der Waals surface area contributed by atoms with E-state index in [4.69, 9.17) is 0 Å². The molecule has 1 unspecified atom stereocenters. The Labute approximate surface area is 129 Å². The molecule has 3 aromatic rings. The first-order valence-corrected chi connectivity index (χ1v) is 7.16. The van der Waals surface area contributed by atoms with Crippen LogP contribution in [0.5, 0.6) is 0 Å². The number of aliphatic hydroxyl groups excluding tert-OH is 1. The second-order valence-electron chi connectivity index (χ2n) is 4.84. The number of pyridine rings is 1. The van der Waals surface area contributed by atoms with Crippen molar-refractivity contribution in [3.8, 4) is 0 Å². The summed E-state index contributed by atoms with van der Waals surface area (Å²) >= 11 is 0. The summed E-state index contributed by atoms with van der Waals surface area (Å²) in [4.78, 5) is 12.7. The van der Waals surface area contributed by atoms with E-state index in [1.807, 2.05) is 60.7 Å². The fourth-order valence-corrected chi connectivity index (χ4v) is 2.01. The van der Waals surface area contributed by atoms with Crippen LogP contribution in [0.2, 0.25) is 0 Å². The zero-order valence-corrected chi connectivity index (χ0v) is 12.2. The molecule has 2 N–H and O–H groups in total. The Kier molecular flexibility index (Phi) is 6.15. The third-order valence-electron chi connectivity index (χ3n) is 3.14. The van der Waals surface area contributed by atoms with E-state index in [0.29, 0.717) is 6.42 Å². The molecule has 22 heavy (non-hydrogen) atoms. The van der Waals surface area contributed by atoms with E-state index in [0.717, 1.165) is 11.1 Å². The number of rotatable bonds is 3. The summed E-state index contributed by atoms with van der Waals surface area (Å²) in [7, 11) is 0. The van der Waals surface area contributed by atoms with Gasteiger partial charge in [0.1, 0.15) is 0 Å². The Morgan fingerprint density at radius 2 is 1.41 bits per heavy atom. The molecule has 0 spiro atoms. The van der Waals surface area contributed by atoms with Gasteiger partial charge in [-0.3, -0.25) is 4.79 Å². The summed E-state index contributed by atoms with van der Waals surface area (Å²) in [5, 5.41) is 9.97. The summed E-state index contributed by atoms with van der Waals surface area (Å²) in [6.07, 6.45) is 1.86. The molecular formula is C19H19NO2. The van der Waals surface area contributed by atoms with Gasteiger partial charge < -0.3 is 10.1 Å². The maximum absolute atomic E-state index is 10.2. The lowest BCUT2D eigenvalue weighted by Gasteiger charge is -2.10. The quantitative estimate of drug-likeness (QED) is 0.778. The van der Waals surface area contributed by atoms with Crippen molar-refractivity contribution in [3.63, 3.8) is 0 Å². The highest BCUT2D eigenvalue weighted by Crippen LogP contribution is 2.17. The Balaban J connectivity index is 0.000000211. The zero-order valence-electron chi connectivity index (χ0n) is 12.2. The molecule has 3 rings (SSSR count). The normalized spacial score (nSPS) is 11.1. The second-order valence-corrected chi connectivity index (χ2v) is 4.84. The number of aromatic amines is 1. The Morgan fingerprint density at radius 3 is 1.91 bits per heavy atom. The van der Waals surface area contributed by atoms with Crippen LogP contribution in [0.3, 0.4) is 0 Å². The third kappa shape index (κ3) is 5.38. The van der Waals surface area contributed by atoms with Crippen LogP contribution in [0.1, 0.15) is 17.2 Å². The van der Waals surface area contributed by atoms with Crippen LogP contribution < -0.4 is 5.56 Å². The lowest BCUT2D eigenvalue weighted by Crippen LogP contribution is -2.01. The topological polar surface area (TPSA) is 53.1 Å². The first-order chi connectivity index (χ1) is 10.8. The van der Waals surface area contributed by atoms with Gasteiger partial charge in [0.05, 0.1) is 6.10 Å². The van der Waals surface area contributed by atoms with Crippen molar-refractivity contribution >= 4 is 0 Å². The van der Waals surface area contributed by atoms with Gasteiger partial charge in [-0.15, -0.1) is 0 Å². The number of nitrogens with one attached hydrogen (secondary N) is 1. The van der Waals surface area contributed by atoms with Crippen molar-refractivity contribution in [2.24, 2.45) is 0 Å². The minimum atomic E-state index is -0.409. The van der Waals surface area contributed by atoms with E-state index >= 15 is 0 Å². The van der Waals surface area contributed by atoms with Crippen LogP contribution >= 0.6 is 0 Å². The van der Waals surface area contributed by atoms with E-state index < -0.39 is 6.10 Å². The van der Waals surface area contributed by atoms with Crippen molar-refractivity contribution in [1.29, 1.82) is 0 Å². The van der Waals surface area contributed by atoms with E-state index in [1.54, 1.807) is 18.3 Å². The van der Waals surface area contributed by atoms with Gasteiger partial charge >= 0.3 is 0 Å². The van der Waals surface area contributed by atoms with E-state index in [9.17, 15) is 9.90 Å². The lowest BCUT2D eigenvalue weighted by atomic mass is 10.0. The monoisotopic (exact) mass is 293 g/mol.